The highest BCUT2D eigenvalue weighted by molar-refractivity contribution is 8.00. The molecule has 0 aromatic carbocycles. The molecule has 1 rings (SSSR count). The molecule has 0 spiro atoms. The minimum atomic E-state index is -0.217. The zero-order valence-electron chi connectivity index (χ0n) is 10.1. The first-order valence-corrected chi connectivity index (χ1v) is 6.54. The van der Waals surface area contributed by atoms with Crippen LogP contribution in [0, 0.1) is 0 Å². The highest BCUT2D eigenvalue weighted by Crippen LogP contribution is 2.20. The maximum Gasteiger partial charge on any atom is 0.233 e. The summed E-state index contributed by atoms with van der Waals surface area (Å²) in [5.41, 5.74) is 0. The van der Waals surface area contributed by atoms with Crippen molar-refractivity contribution in [1.82, 2.24) is 10.3 Å². The number of carbonyl (C=O) groups is 1. The number of pyridine rings is 1. The Morgan fingerprint density at radius 2 is 2.35 bits per heavy atom. The molecule has 4 nitrogen and oxygen atoms in total. The summed E-state index contributed by atoms with van der Waals surface area (Å²) in [6.45, 7) is 3.74. The fraction of sp³-hybridized carbons (Fsp3) is 0.500. The molecule has 2 atom stereocenters. The maximum atomic E-state index is 11.8. The van der Waals surface area contributed by atoms with Crippen LogP contribution in [0.25, 0.3) is 0 Å². The van der Waals surface area contributed by atoms with Gasteiger partial charge in [-0.25, -0.2) is 4.98 Å². The topological polar surface area (TPSA) is 62.2 Å². The van der Waals surface area contributed by atoms with Crippen molar-refractivity contribution in [1.29, 1.82) is 0 Å². The van der Waals surface area contributed by atoms with Crippen LogP contribution in [0.2, 0.25) is 0 Å². The van der Waals surface area contributed by atoms with Gasteiger partial charge in [0, 0.05) is 6.20 Å². The van der Waals surface area contributed by atoms with E-state index in [2.05, 4.69) is 10.3 Å². The normalized spacial score (nSPS) is 14.1. The van der Waals surface area contributed by atoms with Gasteiger partial charge in [0.1, 0.15) is 0 Å². The van der Waals surface area contributed by atoms with E-state index in [1.54, 1.807) is 6.20 Å². The Bertz CT molecular complexity index is 342. The van der Waals surface area contributed by atoms with Crippen LogP contribution >= 0.6 is 11.8 Å². The molecule has 2 N–H and O–H groups in total. The van der Waals surface area contributed by atoms with Crippen molar-refractivity contribution in [2.75, 3.05) is 6.61 Å². The average Bonchev–Trinajstić information content (AvgIpc) is 2.36. The van der Waals surface area contributed by atoms with Crippen LogP contribution in [0.4, 0.5) is 0 Å². The first-order valence-electron chi connectivity index (χ1n) is 5.66. The molecule has 0 fully saturated rings. The monoisotopic (exact) mass is 254 g/mol. The molecule has 0 saturated carbocycles. The Morgan fingerprint density at radius 1 is 1.59 bits per heavy atom. The molecule has 17 heavy (non-hydrogen) atoms. The number of thioether (sulfide) groups is 1. The summed E-state index contributed by atoms with van der Waals surface area (Å²) in [6.07, 6.45) is 2.43. The van der Waals surface area contributed by atoms with E-state index in [0.29, 0.717) is 0 Å². The molecule has 5 heteroatoms. The minimum absolute atomic E-state index is 0.0246. The molecule has 0 aliphatic carbocycles. The van der Waals surface area contributed by atoms with Crippen molar-refractivity contribution in [2.24, 2.45) is 0 Å². The third kappa shape index (κ3) is 4.75. The van der Waals surface area contributed by atoms with E-state index in [1.807, 2.05) is 32.0 Å². The third-order valence-electron chi connectivity index (χ3n) is 2.36. The molecule has 94 valence electrons. The Balaban J connectivity index is 2.47. The van der Waals surface area contributed by atoms with E-state index in [0.717, 1.165) is 11.4 Å². The lowest BCUT2D eigenvalue weighted by Gasteiger charge is -2.17. The van der Waals surface area contributed by atoms with Gasteiger partial charge in [0.05, 0.1) is 22.9 Å². The van der Waals surface area contributed by atoms with Crippen LogP contribution in [0.15, 0.2) is 29.4 Å². The van der Waals surface area contributed by atoms with Crippen LogP contribution in [0.5, 0.6) is 0 Å². The largest absolute Gasteiger partial charge is 0.394 e. The number of nitrogens with one attached hydrogen (secondary N) is 1. The van der Waals surface area contributed by atoms with Crippen molar-refractivity contribution in [2.45, 2.75) is 36.6 Å². The van der Waals surface area contributed by atoms with Crippen LogP contribution in [-0.4, -0.2) is 33.9 Å². The lowest BCUT2D eigenvalue weighted by atomic mass is 10.2. The molecule has 1 amide bonds. The van der Waals surface area contributed by atoms with Crippen LogP contribution < -0.4 is 5.32 Å². The smallest absolute Gasteiger partial charge is 0.233 e. The molecule has 2 unspecified atom stereocenters. The summed E-state index contributed by atoms with van der Waals surface area (Å²) < 4.78 is 0. The van der Waals surface area contributed by atoms with E-state index in [9.17, 15) is 4.79 Å². The van der Waals surface area contributed by atoms with E-state index in [4.69, 9.17) is 5.11 Å². The van der Waals surface area contributed by atoms with Gasteiger partial charge in [-0.15, -0.1) is 0 Å². The zero-order chi connectivity index (χ0) is 12.7. The lowest BCUT2D eigenvalue weighted by molar-refractivity contribution is -0.121. The summed E-state index contributed by atoms with van der Waals surface area (Å²) in [5.74, 6) is -0.0680. The standard InChI is InChI=1S/C12H18N2O2S/c1-3-10(8-15)14-12(16)9(2)17-11-6-4-5-7-13-11/h4-7,9-10,15H,3,8H2,1-2H3,(H,14,16). The molecule has 0 aliphatic heterocycles. The number of aliphatic hydroxyl groups excluding tert-OH is 1. The summed E-state index contributed by atoms with van der Waals surface area (Å²) in [5, 5.41) is 12.4. The quantitative estimate of drug-likeness (QED) is 0.754. The number of aromatic nitrogens is 1. The second kappa shape index (κ2) is 7.29. The van der Waals surface area contributed by atoms with Gasteiger partial charge >= 0.3 is 0 Å². The number of hydrogen-bond acceptors (Lipinski definition) is 4. The van der Waals surface area contributed by atoms with Gasteiger partial charge in [-0.05, 0) is 25.5 Å². The maximum absolute atomic E-state index is 11.8. The van der Waals surface area contributed by atoms with Crippen LogP contribution in [0.3, 0.4) is 0 Å². The molecule has 1 heterocycles. The van der Waals surface area contributed by atoms with Gasteiger partial charge in [0.15, 0.2) is 0 Å². The molecule has 1 aromatic rings. The molecule has 1 aromatic heterocycles. The minimum Gasteiger partial charge on any atom is -0.394 e. The van der Waals surface area contributed by atoms with E-state index < -0.39 is 0 Å². The highest BCUT2D eigenvalue weighted by atomic mass is 32.2. The van der Waals surface area contributed by atoms with Crippen molar-refractivity contribution in [3.63, 3.8) is 0 Å². The van der Waals surface area contributed by atoms with Gasteiger partial charge in [0.25, 0.3) is 0 Å². The number of rotatable bonds is 6. The number of amides is 1. The lowest BCUT2D eigenvalue weighted by Crippen LogP contribution is -2.40. The Morgan fingerprint density at radius 3 is 2.88 bits per heavy atom. The zero-order valence-corrected chi connectivity index (χ0v) is 10.9. The molecule has 0 aliphatic rings. The van der Waals surface area contributed by atoms with Gasteiger partial charge in [-0.2, -0.15) is 0 Å². The first kappa shape index (κ1) is 14.0. The fourth-order valence-corrected chi connectivity index (χ4v) is 2.06. The van der Waals surface area contributed by atoms with E-state index in [1.165, 1.54) is 11.8 Å². The molecular formula is C12H18N2O2S. The van der Waals surface area contributed by atoms with Crippen molar-refractivity contribution in [3.05, 3.63) is 24.4 Å². The van der Waals surface area contributed by atoms with Gasteiger partial charge in [-0.1, -0.05) is 24.8 Å². The van der Waals surface area contributed by atoms with Crippen LogP contribution in [0.1, 0.15) is 20.3 Å². The van der Waals surface area contributed by atoms with E-state index >= 15 is 0 Å². The summed E-state index contributed by atoms with van der Waals surface area (Å²) in [4.78, 5) is 16.0. The highest BCUT2D eigenvalue weighted by Gasteiger charge is 2.17. The molecular weight excluding hydrogens is 236 g/mol. The van der Waals surface area contributed by atoms with Crippen molar-refractivity contribution < 1.29 is 9.90 Å². The van der Waals surface area contributed by atoms with Gasteiger partial charge in [0.2, 0.25) is 5.91 Å². The molecule has 0 saturated heterocycles. The fourth-order valence-electron chi connectivity index (χ4n) is 1.25. The SMILES string of the molecule is CCC(CO)NC(=O)C(C)Sc1ccccn1. The predicted molar refractivity (Wildman–Crippen MR) is 68.9 cm³/mol. The van der Waals surface area contributed by atoms with E-state index in [-0.39, 0.29) is 23.8 Å². The Kier molecular flexibility index (Phi) is 6.00. The average molecular weight is 254 g/mol. The third-order valence-corrected chi connectivity index (χ3v) is 3.41. The predicted octanol–water partition coefficient (Wildman–Crippen LogP) is 1.45. The van der Waals surface area contributed by atoms with Crippen molar-refractivity contribution in [3.8, 4) is 0 Å². The number of hydrogen-bond donors (Lipinski definition) is 2. The van der Waals surface area contributed by atoms with Crippen molar-refractivity contribution >= 4 is 17.7 Å². The molecule has 0 bridgehead atoms. The number of aliphatic hydroxyl groups is 1. The Labute approximate surface area is 106 Å². The number of carbonyl (C=O) groups excluding carboxylic acids is 1. The van der Waals surface area contributed by atoms with Crippen LogP contribution in [-0.2, 0) is 4.79 Å². The summed E-state index contributed by atoms with van der Waals surface area (Å²) in [7, 11) is 0. The summed E-state index contributed by atoms with van der Waals surface area (Å²) in [6, 6.07) is 5.45. The number of nitrogens with zero attached hydrogens (tertiary/aromatic N) is 1. The summed E-state index contributed by atoms with van der Waals surface area (Å²) >= 11 is 1.41. The first-order chi connectivity index (χ1) is 8.17. The Hall–Kier alpha value is -1.07. The second-order valence-electron chi connectivity index (χ2n) is 3.72. The van der Waals surface area contributed by atoms with Gasteiger partial charge < -0.3 is 10.4 Å². The second-order valence-corrected chi connectivity index (χ2v) is 5.09. The molecule has 0 radical (unpaired) electrons. The van der Waals surface area contributed by atoms with Gasteiger partial charge in [-0.3, -0.25) is 4.79 Å².